The first kappa shape index (κ1) is 24.3. The Labute approximate surface area is 244 Å². The molecule has 5 heteroatoms. The molecule has 0 saturated carbocycles. The summed E-state index contributed by atoms with van der Waals surface area (Å²) in [4.78, 5) is 0. The van der Waals surface area contributed by atoms with Crippen molar-refractivity contribution in [2.24, 2.45) is 0 Å². The number of hydrogen-bond acceptors (Lipinski definition) is 2. The number of benzene rings is 4. The minimum absolute atomic E-state index is 0.0654. The van der Waals surface area contributed by atoms with Crippen molar-refractivity contribution in [3.63, 3.8) is 0 Å². The van der Waals surface area contributed by atoms with Crippen LogP contribution in [0.5, 0.6) is 0 Å². The molecule has 2 fully saturated rings. The maximum absolute atomic E-state index is 5.67. The Kier molecular flexibility index (Phi) is 5.41. The zero-order chi connectivity index (χ0) is 27.8. The molecule has 0 bridgehead atoms. The Hall–Kier alpha value is -4.32. The van der Waals surface area contributed by atoms with Gasteiger partial charge >= 0.3 is 0 Å². The first-order chi connectivity index (χ1) is 20.8. The van der Waals surface area contributed by atoms with Crippen LogP contribution < -0.4 is 0 Å². The van der Waals surface area contributed by atoms with Gasteiger partial charge in [-0.25, -0.2) is 0 Å². The Morgan fingerprint density at radius 2 is 1.12 bits per heavy atom. The molecule has 2 atom stereocenters. The van der Waals surface area contributed by atoms with Crippen LogP contribution in [-0.2, 0) is 29.1 Å². The molecule has 5 heterocycles. The summed E-state index contributed by atoms with van der Waals surface area (Å²) in [5.74, 6) is 0.0654. The molecule has 0 radical (unpaired) electrons. The van der Waals surface area contributed by atoms with E-state index in [-0.39, 0.29) is 5.92 Å². The van der Waals surface area contributed by atoms with Crippen LogP contribution in [0.1, 0.15) is 29.5 Å². The van der Waals surface area contributed by atoms with Crippen molar-refractivity contribution in [2.45, 2.75) is 44.7 Å². The molecule has 208 valence electrons. The molecule has 9 rings (SSSR count). The summed E-state index contributed by atoms with van der Waals surface area (Å²) in [6.45, 7) is 6.65. The molecule has 0 amide bonds. The highest BCUT2D eigenvalue weighted by Gasteiger charge is 2.30. The third-order valence-electron chi connectivity index (χ3n) is 9.31. The van der Waals surface area contributed by atoms with Gasteiger partial charge in [0.15, 0.2) is 0 Å². The second kappa shape index (κ2) is 9.35. The van der Waals surface area contributed by atoms with E-state index in [1.54, 1.807) is 0 Å². The van der Waals surface area contributed by atoms with Gasteiger partial charge in [-0.1, -0.05) is 60.7 Å². The first-order valence-corrected chi connectivity index (χ1v) is 15.2. The summed E-state index contributed by atoms with van der Waals surface area (Å²) in [7, 11) is 0. The van der Waals surface area contributed by atoms with Crippen molar-refractivity contribution in [2.75, 3.05) is 13.2 Å². The molecule has 0 N–H and O–H groups in total. The average molecular weight is 552 g/mol. The number of ether oxygens (including phenoxy) is 2. The minimum Gasteiger partial charge on any atom is -0.371 e. The summed E-state index contributed by atoms with van der Waals surface area (Å²) >= 11 is 0. The van der Waals surface area contributed by atoms with Crippen LogP contribution >= 0.6 is 0 Å². The molecule has 0 spiro atoms. The minimum atomic E-state index is 0.0654. The number of para-hydroxylation sites is 3. The highest BCUT2D eigenvalue weighted by molar-refractivity contribution is 6.08. The maximum atomic E-state index is 5.67. The molecule has 2 aliphatic heterocycles. The van der Waals surface area contributed by atoms with Gasteiger partial charge in [-0.2, -0.15) is 0 Å². The third kappa shape index (κ3) is 3.84. The molecule has 42 heavy (non-hydrogen) atoms. The van der Waals surface area contributed by atoms with Crippen LogP contribution in [0.2, 0.25) is 0 Å². The fourth-order valence-electron chi connectivity index (χ4n) is 7.22. The lowest BCUT2D eigenvalue weighted by Crippen LogP contribution is -2.05. The van der Waals surface area contributed by atoms with Crippen LogP contribution in [0, 0.1) is 0 Å². The molecule has 3 aromatic heterocycles. The Balaban J connectivity index is 1.32. The highest BCUT2D eigenvalue weighted by Crippen LogP contribution is 2.43. The second-order valence-corrected chi connectivity index (χ2v) is 11.9. The fraction of sp³-hybridized carbons (Fsp3) is 0.243. The van der Waals surface area contributed by atoms with Gasteiger partial charge in [0.25, 0.3) is 0 Å². The predicted octanol–water partition coefficient (Wildman–Crippen LogP) is 7.70. The highest BCUT2D eigenvalue weighted by atomic mass is 16.6. The number of aromatic nitrogens is 3. The molecular weight excluding hydrogens is 518 g/mol. The molecular formula is C37H33N3O2. The predicted molar refractivity (Wildman–Crippen MR) is 169 cm³/mol. The van der Waals surface area contributed by atoms with Crippen LogP contribution in [0.25, 0.3) is 43.6 Å². The van der Waals surface area contributed by atoms with Gasteiger partial charge in [0.2, 0.25) is 0 Å². The number of nitrogens with zero attached hydrogens (tertiary/aromatic N) is 3. The van der Waals surface area contributed by atoms with Gasteiger partial charge in [0.1, 0.15) is 0 Å². The molecule has 2 unspecified atom stereocenters. The molecule has 7 aromatic rings. The molecule has 2 saturated heterocycles. The van der Waals surface area contributed by atoms with Gasteiger partial charge < -0.3 is 23.2 Å². The summed E-state index contributed by atoms with van der Waals surface area (Å²) in [5, 5.41) is 5.25. The van der Waals surface area contributed by atoms with E-state index >= 15 is 0 Å². The van der Waals surface area contributed by atoms with Crippen molar-refractivity contribution >= 4 is 43.6 Å². The van der Waals surface area contributed by atoms with Crippen molar-refractivity contribution in [3.05, 3.63) is 120 Å². The lowest BCUT2D eigenvalue weighted by atomic mass is 9.84. The summed E-state index contributed by atoms with van der Waals surface area (Å²) in [6, 6.07) is 33.7. The maximum Gasteiger partial charge on any atom is 0.0988 e. The zero-order valence-electron chi connectivity index (χ0n) is 23.7. The Morgan fingerprint density at radius 3 is 1.67 bits per heavy atom. The fourth-order valence-corrected chi connectivity index (χ4v) is 7.22. The van der Waals surface area contributed by atoms with Crippen LogP contribution in [0.3, 0.4) is 0 Å². The first-order valence-electron chi connectivity index (χ1n) is 15.2. The zero-order valence-corrected chi connectivity index (χ0v) is 23.7. The van der Waals surface area contributed by atoms with Gasteiger partial charge in [-0.15, -0.1) is 0 Å². The monoisotopic (exact) mass is 551 g/mol. The quantitative estimate of drug-likeness (QED) is 0.182. The standard InChI is InChI=1S/C37H33N3O2/c1-2-40-35-14-8-5-9-27(35)30-17-24(15-16-36(30)40)37(31-20-38(18-25-22-41-25)33-12-6-3-10-28(31)33)32-21-39(19-26-23-42-26)34-13-7-4-11-29(32)34/h3-17,20-21,25-26,37H,2,18-19,22-23H2,1H3. The summed E-state index contributed by atoms with van der Waals surface area (Å²) in [5.41, 5.74) is 9.13. The SMILES string of the molecule is CCn1c2ccccc2c2cc(C(c3cn(CC4CO4)c4ccccc34)c3cn(CC4CO4)c4ccccc34)ccc21. The van der Waals surface area contributed by atoms with E-state index in [1.165, 1.54) is 60.3 Å². The van der Waals surface area contributed by atoms with Crippen molar-refractivity contribution in [1.29, 1.82) is 0 Å². The molecule has 4 aromatic carbocycles. The number of hydrogen-bond donors (Lipinski definition) is 0. The topological polar surface area (TPSA) is 39.9 Å². The van der Waals surface area contributed by atoms with Gasteiger partial charge in [0.05, 0.1) is 38.5 Å². The van der Waals surface area contributed by atoms with E-state index in [0.29, 0.717) is 12.2 Å². The van der Waals surface area contributed by atoms with E-state index in [2.05, 4.69) is 124 Å². The van der Waals surface area contributed by atoms with Gasteiger partial charge in [-0.05, 0) is 53.9 Å². The van der Waals surface area contributed by atoms with E-state index in [0.717, 1.165) is 32.8 Å². The summed E-state index contributed by atoms with van der Waals surface area (Å²) < 4.78 is 18.6. The smallest absolute Gasteiger partial charge is 0.0988 e. The molecule has 5 nitrogen and oxygen atoms in total. The van der Waals surface area contributed by atoms with Crippen molar-refractivity contribution < 1.29 is 9.47 Å². The van der Waals surface area contributed by atoms with E-state index < -0.39 is 0 Å². The number of aryl methyl sites for hydroxylation is 1. The van der Waals surface area contributed by atoms with Crippen molar-refractivity contribution in [1.82, 2.24) is 13.7 Å². The van der Waals surface area contributed by atoms with E-state index in [4.69, 9.17) is 9.47 Å². The lowest BCUT2D eigenvalue weighted by molar-refractivity contribution is 0.385. The summed E-state index contributed by atoms with van der Waals surface area (Å²) in [6.07, 6.45) is 5.41. The largest absolute Gasteiger partial charge is 0.371 e. The Bertz CT molecular complexity index is 2030. The van der Waals surface area contributed by atoms with Gasteiger partial charge in [-0.3, -0.25) is 0 Å². The average Bonchev–Trinajstić information content (AvgIpc) is 3.94. The van der Waals surface area contributed by atoms with Crippen LogP contribution in [0.4, 0.5) is 0 Å². The number of epoxide rings is 2. The normalized spacial score (nSPS) is 18.9. The molecule has 2 aliphatic rings. The van der Waals surface area contributed by atoms with Crippen LogP contribution in [-0.4, -0.2) is 39.1 Å². The lowest BCUT2D eigenvalue weighted by Gasteiger charge is -2.18. The Morgan fingerprint density at radius 1 is 0.619 bits per heavy atom. The van der Waals surface area contributed by atoms with E-state index in [9.17, 15) is 0 Å². The third-order valence-corrected chi connectivity index (χ3v) is 9.31. The van der Waals surface area contributed by atoms with E-state index in [1.807, 2.05) is 0 Å². The number of fused-ring (bicyclic) bond motifs is 5. The van der Waals surface area contributed by atoms with Gasteiger partial charge in [0, 0.05) is 68.5 Å². The second-order valence-electron chi connectivity index (χ2n) is 11.9. The van der Waals surface area contributed by atoms with Crippen LogP contribution in [0.15, 0.2) is 103 Å². The van der Waals surface area contributed by atoms with Crippen molar-refractivity contribution in [3.8, 4) is 0 Å². The molecule has 0 aliphatic carbocycles. The number of rotatable bonds is 8.